The number of ether oxygens (including phenoxy) is 1. The Morgan fingerprint density at radius 3 is 2.08 bits per heavy atom. The van der Waals surface area contributed by atoms with Crippen molar-refractivity contribution in [3.63, 3.8) is 0 Å². The lowest BCUT2D eigenvalue weighted by Crippen LogP contribution is -2.20. The zero-order chi connectivity index (χ0) is 18.6. The van der Waals surface area contributed by atoms with Crippen LogP contribution in [-0.4, -0.2) is 17.7 Å². The quantitative estimate of drug-likeness (QED) is 0.429. The summed E-state index contributed by atoms with van der Waals surface area (Å²) in [4.78, 5) is 11.1. The molecule has 0 amide bonds. The highest BCUT2D eigenvalue weighted by Gasteiger charge is 2.26. The Kier molecular flexibility index (Phi) is 9.58. The van der Waals surface area contributed by atoms with Gasteiger partial charge in [-0.05, 0) is 55.7 Å². The van der Waals surface area contributed by atoms with Crippen molar-refractivity contribution in [1.82, 2.24) is 0 Å². The average molecular weight is 361 g/mol. The number of carboxylic acid groups (broad SMARTS) is 1. The lowest BCUT2D eigenvalue weighted by atomic mass is 9.79. The molecule has 0 bridgehead atoms. The maximum atomic E-state index is 11.1. The van der Waals surface area contributed by atoms with Gasteiger partial charge in [0.25, 0.3) is 0 Å². The molecule has 0 heterocycles. The Balaban J connectivity index is 1.59. The van der Waals surface area contributed by atoms with Crippen LogP contribution in [0, 0.1) is 5.92 Å². The molecule has 1 aliphatic rings. The van der Waals surface area contributed by atoms with Crippen LogP contribution in [0.1, 0.15) is 95.5 Å². The van der Waals surface area contributed by atoms with Gasteiger partial charge in [0.1, 0.15) is 5.75 Å². The number of unbranched alkanes of at least 4 members (excludes halogenated alkanes) is 7. The maximum Gasteiger partial charge on any atom is 0.306 e. The summed E-state index contributed by atoms with van der Waals surface area (Å²) in [5.74, 6) is 0.692. The second-order valence-electron chi connectivity index (χ2n) is 7.78. The number of rotatable bonds is 12. The highest BCUT2D eigenvalue weighted by atomic mass is 16.5. The van der Waals surface area contributed by atoms with Crippen LogP contribution in [0.4, 0.5) is 0 Å². The molecule has 3 heteroatoms. The van der Waals surface area contributed by atoms with E-state index in [2.05, 4.69) is 31.2 Å². The molecule has 0 aliphatic heterocycles. The third kappa shape index (κ3) is 7.39. The van der Waals surface area contributed by atoms with E-state index < -0.39 is 5.97 Å². The van der Waals surface area contributed by atoms with Crippen LogP contribution in [0.2, 0.25) is 0 Å². The van der Waals surface area contributed by atoms with E-state index in [1.807, 2.05) is 0 Å². The van der Waals surface area contributed by atoms with Crippen molar-refractivity contribution in [2.75, 3.05) is 6.61 Å². The summed E-state index contributed by atoms with van der Waals surface area (Å²) in [7, 11) is 0. The monoisotopic (exact) mass is 360 g/mol. The van der Waals surface area contributed by atoms with Gasteiger partial charge in [0.15, 0.2) is 0 Å². The molecule has 26 heavy (non-hydrogen) atoms. The molecule has 1 aromatic rings. The molecule has 1 aliphatic carbocycles. The number of hydrogen-bond acceptors (Lipinski definition) is 2. The topological polar surface area (TPSA) is 46.5 Å². The summed E-state index contributed by atoms with van der Waals surface area (Å²) in [6.45, 7) is 3.06. The summed E-state index contributed by atoms with van der Waals surface area (Å²) in [5, 5.41) is 9.10. The van der Waals surface area contributed by atoms with Crippen LogP contribution in [0.5, 0.6) is 5.75 Å². The minimum Gasteiger partial charge on any atom is -0.494 e. The first kappa shape index (κ1) is 20.8. The largest absolute Gasteiger partial charge is 0.494 e. The van der Waals surface area contributed by atoms with Crippen LogP contribution in [0.25, 0.3) is 0 Å². The van der Waals surface area contributed by atoms with E-state index in [9.17, 15) is 4.79 Å². The highest BCUT2D eigenvalue weighted by Crippen LogP contribution is 2.36. The Morgan fingerprint density at radius 1 is 0.923 bits per heavy atom. The molecule has 0 aromatic heterocycles. The summed E-state index contributed by atoms with van der Waals surface area (Å²) < 4.78 is 5.86. The van der Waals surface area contributed by atoms with Crippen molar-refractivity contribution < 1.29 is 14.6 Å². The van der Waals surface area contributed by atoms with Crippen molar-refractivity contribution >= 4 is 5.97 Å². The van der Waals surface area contributed by atoms with Gasteiger partial charge >= 0.3 is 5.97 Å². The van der Waals surface area contributed by atoms with Gasteiger partial charge in [-0.25, -0.2) is 0 Å². The third-order valence-electron chi connectivity index (χ3n) is 5.69. The van der Waals surface area contributed by atoms with Crippen molar-refractivity contribution in [2.24, 2.45) is 5.92 Å². The zero-order valence-corrected chi connectivity index (χ0v) is 16.4. The lowest BCUT2D eigenvalue weighted by molar-refractivity contribution is -0.142. The number of carboxylic acids is 1. The van der Waals surface area contributed by atoms with Crippen molar-refractivity contribution in [2.45, 2.75) is 89.9 Å². The average Bonchev–Trinajstić information content (AvgIpc) is 2.67. The smallest absolute Gasteiger partial charge is 0.306 e. The first-order chi connectivity index (χ1) is 12.7. The van der Waals surface area contributed by atoms with Gasteiger partial charge in [-0.2, -0.15) is 0 Å². The molecule has 2 rings (SSSR count). The number of hydrogen-bond donors (Lipinski definition) is 1. The summed E-state index contributed by atoms with van der Waals surface area (Å²) in [6, 6.07) is 8.47. The molecule has 1 saturated carbocycles. The summed E-state index contributed by atoms with van der Waals surface area (Å²) in [6.07, 6.45) is 14.1. The zero-order valence-electron chi connectivity index (χ0n) is 16.4. The van der Waals surface area contributed by atoms with E-state index in [4.69, 9.17) is 9.84 Å². The molecule has 1 fully saturated rings. The van der Waals surface area contributed by atoms with Crippen molar-refractivity contribution in [1.29, 1.82) is 0 Å². The van der Waals surface area contributed by atoms with E-state index in [1.165, 1.54) is 50.5 Å². The van der Waals surface area contributed by atoms with E-state index in [0.29, 0.717) is 5.92 Å². The molecule has 0 unspecified atom stereocenters. The van der Waals surface area contributed by atoms with Crippen LogP contribution in [0.15, 0.2) is 24.3 Å². The Morgan fingerprint density at radius 2 is 1.50 bits per heavy atom. The van der Waals surface area contributed by atoms with Crippen molar-refractivity contribution in [3.05, 3.63) is 29.8 Å². The fourth-order valence-electron chi connectivity index (χ4n) is 3.94. The van der Waals surface area contributed by atoms with E-state index >= 15 is 0 Å². The van der Waals surface area contributed by atoms with Gasteiger partial charge in [0.05, 0.1) is 12.5 Å². The fourth-order valence-corrected chi connectivity index (χ4v) is 3.94. The molecule has 146 valence electrons. The van der Waals surface area contributed by atoms with E-state index in [1.54, 1.807) is 0 Å². The predicted octanol–water partition coefficient (Wildman–Crippen LogP) is 6.56. The Labute approximate surface area is 159 Å². The number of carbonyl (C=O) groups is 1. The van der Waals surface area contributed by atoms with Gasteiger partial charge in [-0.1, -0.05) is 64.0 Å². The first-order valence-electron chi connectivity index (χ1n) is 10.7. The molecule has 0 spiro atoms. The second-order valence-corrected chi connectivity index (χ2v) is 7.78. The van der Waals surface area contributed by atoms with Gasteiger partial charge in [-0.3, -0.25) is 4.79 Å². The molecular formula is C23H36O3. The lowest BCUT2D eigenvalue weighted by Gasteiger charge is -2.26. The third-order valence-corrected chi connectivity index (χ3v) is 5.69. The van der Waals surface area contributed by atoms with E-state index in [0.717, 1.165) is 44.5 Å². The summed E-state index contributed by atoms with van der Waals surface area (Å²) >= 11 is 0. The standard InChI is InChI=1S/C23H36O3/c1-2-3-4-5-6-7-8-9-18-26-22-16-14-20(15-17-22)19-10-12-21(13-11-19)23(24)25/h14-17,19,21H,2-13,18H2,1H3,(H,24,25). The van der Waals surface area contributed by atoms with Gasteiger partial charge in [0, 0.05) is 0 Å². The first-order valence-corrected chi connectivity index (χ1v) is 10.7. The summed E-state index contributed by atoms with van der Waals surface area (Å²) in [5.41, 5.74) is 1.33. The highest BCUT2D eigenvalue weighted by molar-refractivity contribution is 5.70. The molecule has 1 aromatic carbocycles. The Bertz CT molecular complexity index is 501. The van der Waals surface area contributed by atoms with E-state index in [-0.39, 0.29) is 5.92 Å². The maximum absolute atomic E-state index is 11.1. The van der Waals surface area contributed by atoms with Crippen molar-refractivity contribution in [3.8, 4) is 5.75 Å². The number of aliphatic carboxylic acids is 1. The SMILES string of the molecule is CCCCCCCCCCOc1ccc(C2CCC(C(=O)O)CC2)cc1. The normalized spacial score (nSPS) is 20.0. The minimum atomic E-state index is -0.631. The predicted molar refractivity (Wildman–Crippen MR) is 107 cm³/mol. The molecular weight excluding hydrogens is 324 g/mol. The molecule has 0 saturated heterocycles. The fraction of sp³-hybridized carbons (Fsp3) is 0.696. The molecule has 0 radical (unpaired) electrons. The van der Waals surface area contributed by atoms with Gasteiger partial charge in [-0.15, -0.1) is 0 Å². The molecule has 0 atom stereocenters. The second kappa shape index (κ2) is 12.0. The van der Waals surface area contributed by atoms with Crippen LogP contribution < -0.4 is 4.74 Å². The van der Waals surface area contributed by atoms with Crippen LogP contribution >= 0.6 is 0 Å². The molecule has 1 N–H and O–H groups in total. The van der Waals surface area contributed by atoms with Gasteiger partial charge in [0.2, 0.25) is 0 Å². The molecule has 3 nitrogen and oxygen atoms in total. The van der Waals surface area contributed by atoms with Crippen LogP contribution in [0.3, 0.4) is 0 Å². The minimum absolute atomic E-state index is 0.138. The number of benzene rings is 1. The van der Waals surface area contributed by atoms with Crippen LogP contribution in [-0.2, 0) is 4.79 Å². The van der Waals surface area contributed by atoms with Gasteiger partial charge < -0.3 is 9.84 Å². The Hall–Kier alpha value is -1.51.